The molecule has 0 aliphatic rings. The van der Waals surface area contributed by atoms with Crippen molar-refractivity contribution < 1.29 is 4.39 Å². The number of benzene rings is 1. The normalized spacial score (nSPS) is 12.4. The Morgan fingerprint density at radius 2 is 1.84 bits per heavy atom. The minimum atomic E-state index is -0.293. The summed E-state index contributed by atoms with van der Waals surface area (Å²) >= 11 is 0. The number of nitrogens with zero attached hydrogens (tertiary/aromatic N) is 1. The molecule has 1 heterocycles. The van der Waals surface area contributed by atoms with E-state index in [9.17, 15) is 4.39 Å². The number of hydrogen-bond acceptors (Lipinski definition) is 2. The van der Waals surface area contributed by atoms with E-state index in [2.05, 4.69) is 41.5 Å². The maximum atomic E-state index is 13.1. The van der Waals surface area contributed by atoms with E-state index in [4.69, 9.17) is 0 Å². The zero-order valence-electron chi connectivity index (χ0n) is 11.4. The first-order valence-electron chi connectivity index (χ1n) is 6.60. The van der Waals surface area contributed by atoms with Crippen LogP contribution in [0, 0.1) is 5.82 Å². The van der Waals surface area contributed by atoms with Gasteiger partial charge in [0, 0.05) is 18.8 Å². The molecule has 100 valence electrons. The Morgan fingerprint density at radius 1 is 1.16 bits per heavy atom. The maximum Gasteiger partial charge on any atom is 0.141 e. The van der Waals surface area contributed by atoms with Gasteiger partial charge in [-0.05, 0) is 36.1 Å². The first-order valence-corrected chi connectivity index (χ1v) is 6.60. The predicted molar refractivity (Wildman–Crippen MR) is 75.3 cm³/mol. The van der Waals surface area contributed by atoms with Crippen molar-refractivity contribution in [3.63, 3.8) is 0 Å². The zero-order chi connectivity index (χ0) is 13.7. The van der Waals surface area contributed by atoms with Crippen molar-refractivity contribution in [2.75, 3.05) is 0 Å². The van der Waals surface area contributed by atoms with Crippen molar-refractivity contribution in [1.82, 2.24) is 10.3 Å². The first kappa shape index (κ1) is 13.7. The standard InChI is InChI=1S/C16H19FN2/c1-3-13-4-6-14(7-5-13)9-19-12(2)15-8-16(17)11-18-10-15/h4-8,10-12,19H,3,9H2,1-2H3. The number of rotatable bonds is 5. The Balaban J connectivity index is 1.94. The third-order valence-corrected chi connectivity index (χ3v) is 3.27. The van der Waals surface area contributed by atoms with Crippen molar-refractivity contribution >= 4 is 0 Å². The summed E-state index contributed by atoms with van der Waals surface area (Å²) in [6.45, 7) is 4.92. The lowest BCUT2D eigenvalue weighted by Crippen LogP contribution is -2.18. The molecule has 0 radical (unpaired) electrons. The van der Waals surface area contributed by atoms with Gasteiger partial charge in [0.15, 0.2) is 0 Å². The number of aromatic nitrogens is 1. The lowest BCUT2D eigenvalue weighted by atomic mass is 10.1. The summed E-state index contributed by atoms with van der Waals surface area (Å²) in [4.78, 5) is 3.87. The first-order chi connectivity index (χ1) is 9.19. The third-order valence-electron chi connectivity index (χ3n) is 3.27. The van der Waals surface area contributed by atoms with Gasteiger partial charge in [-0.25, -0.2) is 4.39 Å². The van der Waals surface area contributed by atoms with Gasteiger partial charge in [0.2, 0.25) is 0 Å². The SMILES string of the molecule is CCc1ccc(CNC(C)c2cncc(F)c2)cc1. The highest BCUT2D eigenvalue weighted by Crippen LogP contribution is 2.13. The van der Waals surface area contributed by atoms with Crippen LogP contribution in [-0.4, -0.2) is 4.98 Å². The Hall–Kier alpha value is -1.74. The highest BCUT2D eigenvalue weighted by molar-refractivity contribution is 5.23. The van der Waals surface area contributed by atoms with Gasteiger partial charge >= 0.3 is 0 Å². The van der Waals surface area contributed by atoms with Crippen molar-refractivity contribution in [2.45, 2.75) is 32.9 Å². The summed E-state index contributed by atoms with van der Waals surface area (Å²) in [5.74, 6) is -0.293. The van der Waals surface area contributed by atoms with Crippen LogP contribution in [0.2, 0.25) is 0 Å². The molecule has 0 amide bonds. The average molecular weight is 258 g/mol. The van der Waals surface area contributed by atoms with E-state index in [0.29, 0.717) is 0 Å². The highest BCUT2D eigenvalue weighted by atomic mass is 19.1. The van der Waals surface area contributed by atoms with Crippen LogP contribution in [0.5, 0.6) is 0 Å². The summed E-state index contributed by atoms with van der Waals surface area (Å²) in [6.07, 6.45) is 3.97. The van der Waals surface area contributed by atoms with Crippen LogP contribution in [0.1, 0.15) is 36.6 Å². The molecule has 0 saturated carbocycles. The molecule has 1 unspecified atom stereocenters. The molecular weight excluding hydrogens is 239 g/mol. The molecule has 3 heteroatoms. The summed E-state index contributed by atoms with van der Waals surface area (Å²) in [5.41, 5.74) is 3.43. The van der Waals surface area contributed by atoms with E-state index >= 15 is 0 Å². The molecule has 0 saturated heterocycles. The molecule has 1 atom stereocenters. The van der Waals surface area contributed by atoms with Gasteiger partial charge < -0.3 is 5.32 Å². The summed E-state index contributed by atoms with van der Waals surface area (Å²) in [5, 5.41) is 3.37. The van der Waals surface area contributed by atoms with Gasteiger partial charge in [-0.1, -0.05) is 31.2 Å². The van der Waals surface area contributed by atoms with Crippen LogP contribution in [0.15, 0.2) is 42.7 Å². The minimum Gasteiger partial charge on any atom is -0.306 e. The van der Waals surface area contributed by atoms with Crippen LogP contribution in [-0.2, 0) is 13.0 Å². The van der Waals surface area contributed by atoms with Gasteiger partial charge in [-0.15, -0.1) is 0 Å². The molecule has 0 bridgehead atoms. The highest BCUT2D eigenvalue weighted by Gasteiger charge is 2.06. The van der Waals surface area contributed by atoms with Crippen LogP contribution in [0.25, 0.3) is 0 Å². The number of pyridine rings is 1. The second-order valence-electron chi connectivity index (χ2n) is 4.71. The van der Waals surface area contributed by atoms with Gasteiger partial charge in [0.05, 0.1) is 6.20 Å². The predicted octanol–water partition coefficient (Wildman–Crippen LogP) is 3.63. The molecule has 0 aliphatic heterocycles. The summed E-state index contributed by atoms with van der Waals surface area (Å²) in [6, 6.07) is 10.1. The average Bonchev–Trinajstić information content (AvgIpc) is 2.45. The van der Waals surface area contributed by atoms with Crippen LogP contribution in [0.3, 0.4) is 0 Å². The molecule has 0 aliphatic carbocycles. The van der Waals surface area contributed by atoms with Gasteiger partial charge in [-0.2, -0.15) is 0 Å². The second-order valence-corrected chi connectivity index (χ2v) is 4.71. The van der Waals surface area contributed by atoms with Crippen LogP contribution >= 0.6 is 0 Å². The molecule has 2 nitrogen and oxygen atoms in total. The van der Waals surface area contributed by atoms with E-state index < -0.39 is 0 Å². The van der Waals surface area contributed by atoms with E-state index in [0.717, 1.165) is 18.5 Å². The second kappa shape index (κ2) is 6.43. The fraction of sp³-hybridized carbons (Fsp3) is 0.312. The van der Waals surface area contributed by atoms with Crippen molar-refractivity contribution in [3.8, 4) is 0 Å². The number of nitrogens with one attached hydrogen (secondary N) is 1. The maximum absolute atomic E-state index is 13.1. The Morgan fingerprint density at radius 3 is 2.47 bits per heavy atom. The van der Waals surface area contributed by atoms with Gasteiger partial charge in [-0.3, -0.25) is 4.98 Å². The molecule has 1 aromatic carbocycles. The van der Waals surface area contributed by atoms with E-state index in [1.54, 1.807) is 6.20 Å². The topological polar surface area (TPSA) is 24.9 Å². The fourth-order valence-electron chi connectivity index (χ4n) is 1.95. The monoisotopic (exact) mass is 258 g/mol. The van der Waals surface area contributed by atoms with Crippen LogP contribution in [0.4, 0.5) is 4.39 Å². The van der Waals surface area contributed by atoms with E-state index in [1.165, 1.54) is 23.4 Å². The lowest BCUT2D eigenvalue weighted by molar-refractivity contribution is 0.561. The number of hydrogen-bond donors (Lipinski definition) is 1. The largest absolute Gasteiger partial charge is 0.306 e. The number of aryl methyl sites for hydroxylation is 1. The third kappa shape index (κ3) is 3.86. The van der Waals surface area contributed by atoms with Crippen molar-refractivity contribution in [3.05, 3.63) is 65.2 Å². The molecular formula is C16H19FN2. The molecule has 19 heavy (non-hydrogen) atoms. The summed E-state index contributed by atoms with van der Waals surface area (Å²) in [7, 11) is 0. The Kier molecular flexibility index (Phi) is 4.63. The Bertz CT molecular complexity index is 523. The molecule has 2 aromatic rings. The molecule has 0 fully saturated rings. The number of halogens is 1. The van der Waals surface area contributed by atoms with Crippen molar-refractivity contribution in [2.24, 2.45) is 0 Å². The molecule has 0 spiro atoms. The Labute approximate surface area is 113 Å². The van der Waals surface area contributed by atoms with Gasteiger partial charge in [0.1, 0.15) is 5.82 Å². The molecule has 1 aromatic heterocycles. The van der Waals surface area contributed by atoms with Crippen molar-refractivity contribution in [1.29, 1.82) is 0 Å². The van der Waals surface area contributed by atoms with E-state index in [-0.39, 0.29) is 11.9 Å². The fourth-order valence-corrected chi connectivity index (χ4v) is 1.95. The lowest BCUT2D eigenvalue weighted by Gasteiger charge is -2.14. The molecule has 2 rings (SSSR count). The molecule has 1 N–H and O–H groups in total. The van der Waals surface area contributed by atoms with E-state index in [1.807, 2.05) is 6.92 Å². The van der Waals surface area contributed by atoms with Gasteiger partial charge in [0.25, 0.3) is 0 Å². The summed E-state index contributed by atoms with van der Waals surface area (Å²) < 4.78 is 13.1. The quantitative estimate of drug-likeness (QED) is 0.885. The smallest absolute Gasteiger partial charge is 0.141 e. The minimum absolute atomic E-state index is 0.0778. The van der Waals surface area contributed by atoms with Crippen LogP contribution < -0.4 is 5.32 Å². The zero-order valence-corrected chi connectivity index (χ0v) is 11.4.